The fourth-order valence-corrected chi connectivity index (χ4v) is 2.69. The van der Waals surface area contributed by atoms with E-state index in [1.165, 1.54) is 7.11 Å². The number of hydrogen-bond donors (Lipinski definition) is 1. The maximum absolute atomic E-state index is 11.6. The Hall–Kier alpha value is -0.570. The topological polar surface area (TPSA) is 46.5 Å². The number of carbonyl (C=O) groups excluding carboxylic acids is 1. The summed E-state index contributed by atoms with van der Waals surface area (Å²) in [6.07, 6.45) is 3.33. The molecule has 0 spiro atoms. The fraction of sp³-hybridized carbons (Fsp3) is 0.900. The molecule has 0 aromatic heterocycles. The normalized spacial score (nSPS) is 40.7. The third kappa shape index (κ3) is 0.909. The third-order valence-electron chi connectivity index (χ3n) is 3.87. The molecule has 0 aliphatic heterocycles. The molecule has 13 heavy (non-hydrogen) atoms. The van der Waals surface area contributed by atoms with Crippen molar-refractivity contribution in [1.82, 2.24) is 0 Å². The van der Waals surface area contributed by atoms with Gasteiger partial charge in [0, 0.05) is 0 Å². The molecule has 0 amide bonds. The second kappa shape index (κ2) is 2.47. The molecule has 3 heteroatoms. The van der Waals surface area contributed by atoms with Crippen LogP contribution in [0.4, 0.5) is 0 Å². The van der Waals surface area contributed by atoms with Crippen molar-refractivity contribution in [2.75, 3.05) is 7.11 Å². The van der Waals surface area contributed by atoms with Gasteiger partial charge in [-0.3, -0.25) is 4.79 Å². The van der Waals surface area contributed by atoms with E-state index < -0.39 is 11.0 Å². The maximum Gasteiger partial charge on any atom is 0.315 e. The molecule has 74 valence electrons. The largest absolute Gasteiger partial charge is 0.468 e. The molecule has 2 aliphatic rings. The molecule has 0 aromatic rings. The summed E-state index contributed by atoms with van der Waals surface area (Å²) in [6, 6.07) is 0. The van der Waals surface area contributed by atoms with E-state index in [9.17, 15) is 9.90 Å². The van der Waals surface area contributed by atoms with Crippen LogP contribution in [-0.2, 0) is 9.53 Å². The van der Waals surface area contributed by atoms with Gasteiger partial charge in [0.15, 0.2) is 0 Å². The van der Waals surface area contributed by atoms with Gasteiger partial charge in [-0.25, -0.2) is 0 Å². The lowest BCUT2D eigenvalue weighted by Crippen LogP contribution is -2.51. The van der Waals surface area contributed by atoms with Gasteiger partial charge in [-0.1, -0.05) is 6.92 Å². The molecule has 2 unspecified atom stereocenters. The Labute approximate surface area is 78.1 Å². The number of carbonyl (C=O) groups is 1. The third-order valence-corrected chi connectivity index (χ3v) is 3.87. The Morgan fingerprint density at radius 2 is 2.08 bits per heavy atom. The Balaban J connectivity index is 2.22. The molecule has 2 atom stereocenters. The zero-order chi connectivity index (χ0) is 9.69. The summed E-state index contributed by atoms with van der Waals surface area (Å²) in [5.74, 6) is 0.0625. The van der Waals surface area contributed by atoms with E-state index in [4.69, 9.17) is 4.74 Å². The van der Waals surface area contributed by atoms with Gasteiger partial charge in [0.1, 0.15) is 0 Å². The molecule has 2 aliphatic carbocycles. The predicted octanol–water partition coefficient (Wildman–Crippen LogP) is 1.10. The highest BCUT2D eigenvalue weighted by Crippen LogP contribution is 2.65. The number of methoxy groups -OCH3 is 1. The van der Waals surface area contributed by atoms with E-state index in [0.717, 1.165) is 25.7 Å². The summed E-state index contributed by atoms with van der Waals surface area (Å²) in [5.41, 5.74) is -1.31. The first-order valence-corrected chi connectivity index (χ1v) is 4.88. The van der Waals surface area contributed by atoms with E-state index in [2.05, 4.69) is 0 Å². The lowest BCUT2D eigenvalue weighted by Gasteiger charge is -2.42. The Bertz CT molecular complexity index is 245. The van der Waals surface area contributed by atoms with Gasteiger partial charge in [0.05, 0.1) is 18.1 Å². The zero-order valence-electron chi connectivity index (χ0n) is 8.17. The standard InChI is InChI=1S/C10H16O3/c1-7-6-10(7,8(11)13-2)9(12)4-3-5-9/h7,12H,3-6H2,1-2H3. The van der Waals surface area contributed by atoms with Crippen molar-refractivity contribution in [1.29, 1.82) is 0 Å². The van der Waals surface area contributed by atoms with Gasteiger partial charge >= 0.3 is 5.97 Å². The zero-order valence-corrected chi connectivity index (χ0v) is 8.17. The smallest absolute Gasteiger partial charge is 0.315 e. The van der Waals surface area contributed by atoms with Gasteiger partial charge < -0.3 is 9.84 Å². The van der Waals surface area contributed by atoms with Crippen LogP contribution in [0, 0.1) is 11.3 Å². The average molecular weight is 184 g/mol. The van der Waals surface area contributed by atoms with E-state index in [1.807, 2.05) is 6.92 Å². The van der Waals surface area contributed by atoms with E-state index >= 15 is 0 Å². The monoisotopic (exact) mass is 184 g/mol. The molecule has 2 fully saturated rings. The van der Waals surface area contributed by atoms with Crippen molar-refractivity contribution >= 4 is 5.97 Å². The summed E-state index contributed by atoms with van der Waals surface area (Å²) < 4.78 is 4.77. The molecule has 2 rings (SSSR count). The van der Waals surface area contributed by atoms with E-state index in [1.54, 1.807) is 0 Å². The molecule has 0 heterocycles. The summed E-state index contributed by atoms with van der Waals surface area (Å²) >= 11 is 0. The van der Waals surface area contributed by atoms with Gasteiger partial charge in [0.25, 0.3) is 0 Å². The van der Waals surface area contributed by atoms with Gasteiger partial charge in [-0.05, 0) is 31.6 Å². The number of aliphatic hydroxyl groups is 1. The summed E-state index contributed by atoms with van der Waals surface area (Å²) in [5, 5.41) is 10.2. The molecule has 3 nitrogen and oxygen atoms in total. The summed E-state index contributed by atoms with van der Waals surface area (Å²) in [6.45, 7) is 2.01. The maximum atomic E-state index is 11.6. The van der Waals surface area contributed by atoms with Crippen molar-refractivity contribution in [3.05, 3.63) is 0 Å². The van der Waals surface area contributed by atoms with Crippen LogP contribution in [0.25, 0.3) is 0 Å². The van der Waals surface area contributed by atoms with Crippen molar-refractivity contribution in [3.8, 4) is 0 Å². The van der Waals surface area contributed by atoms with Crippen LogP contribution < -0.4 is 0 Å². The number of esters is 1. The predicted molar refractivity (Wildman–Crippen MR) is 47.0 cm³/mol. The number of hydrogen-bond acceptors (Lipinski definition) is 3. The molecule has 1 N–H and O–H groups in total. The number of ether oxygens (including phenoxy) is 1. The number of rotatable bonds is 2. The minimum Gasteiger partial charge on any atom is -0.468 e. The highest BCUT2D eigenvalue weighted by Gasteiger charge is 2.71. The lowest BCUT2D eigenvalue weighted by molar-refractivity contribution is -0.170. The van der Waals surface area contributed by atoms with E-state index in [0.29, 0.717) is 0 Å². The second-order valence-electron chi connectivity index (χ2n) is 4.45. The Morgan fingerprint density at radius 3 is 2.31 bits per heavy atom. The van der Waals surface area contributed by atoms with Crippen LogP contribution in [0.2, 0.25) is 0 Å². The molecule has 0 bridgehead atoms. The Kier molecular flexibility index (Phi) is 1.71. The van der Waals surface area contributed by atoms with Crippen LogP contribution in [0.5, 0.6) is 0 Å². The molecule has 0 saturated heterocycles. The summed E-state index contributed by atoms with van der Waals surface area (Å²) in [7, 11) is 1.40. The van der Waals surface area contributed by atoms with E-state index in [-0.39, 0.29) is 11.9 Å². The minimum absolute atomic E-state index is 0.220. The first-order valence-electron chi connectivity index (χ1n) is 4.88. The SMILES string of the molecule is COC(=O)C1(C2(O)CCC2)CC1C. The summed E-state index contributed by atoms with van der Waals surface area (Å²) in [4.78, 5) is 11.6. The molecular weight excluding hydrogens is 168 g/mol. The van der Waals surface area contributed by atoms with Gasteiger partial charge in [-0.15, -0.1) is 0 Å². The first kappa shape index (κ1) is 9.00. The average Bonchev–Trinajstić information content (AvgIpc) is 2.73. The first-order chi connectivity index (χ1) is 6.07. The van der Waals surface area contributed by atoms with Crippen molar-refractivity contribution in [3.63, 3.8) is 0 Å². The lowest BCUT2D eigenvalue weighted by atomic mass is 9.68. The highest BCUT2D eigenvalue weighted by atomic mass is 16.5. The molecule has 0 radical (unpaired) electrons. The Morgan fingerprint density at radius 1 is 1.54 bits per heavy atom. The van der Waals surface area contributed by atoms with Crippen molar-refractivity contribution < 1.29 is 14.6 Å². The van der Waals surface area contributed by atoms with Crippen LogP contribution >= 0.6 is 0 Å². The molecular formula is C10H16O3. The van der Waals surface area contributed by atoms with Gasteiger partial charge in [-0.2, -0.15) is 0 Å². The highest BCUT2D eigenvalue weighted by molar-refractivity contribution is 5.82. The molecule has 2 saturated carbocycles. The van der Waals surface area contributed by atoms with Gasteiger partial charge in [0.2, 0.25) is 0 Å². The quantitative estimate of drug-likeness (QED) is 0.654. The van der Waals surface area contributed by atoms with Crippen molar-refractivity contribution in [2.24, 2.45) is 11.3 Å². The minimum atomic E-state index is -0.750. The van der Waals surface area contributed by atoms with Crippen LogP contribution in [0.1, 0.15) is 32.6 Å². The van der Waals surface area contributed by atoms with Crippen LogP contribution in [0.3, 0.4) is 0 Å². The second-order valence-corrected chi connectivity index (χ2v) is 4.45. The van der Waals surface area contributed by atoms with Crippen LogP contribution in [0.15, 0.2) is 0 Å². The fourth-order valence-electron chi connectivity index (χ4n) is 2.69. The van der Waals surface area contributed by atoms with Crippen molar-refractivity contribution in [2.45, 2.75) is 38.2 Å². The van der Waals surface area contributed by atoms with Crippen LogP contribution in [-0.4, -0.2) is 23.8 Å². The molecule has 0 aromatic carbocycles.